The van der Waals surface area contributed by atoms with Crippen LogP contribution in [0.25, 0.3) is 0 Å². The fraction of sp³-hybridized carbons (Fsp3) is 0.588. The Kier molecular flexibility index (Phi) is 6.43. The van der Waals surface area contributed by atoms with E-state index in [9.17, 15) is 9.00 Å². The van der Waals surface area contributed by atoms with Gasteiger partial charge in [-0.3, -0.25) is 9.00 Å². The molecule has 0 saturated heterocycles. The lowest BCUT2D eigenvalue weighted by Gasteiger charge is -2.24. The summed E-state index contributed by atoms with van der Waals surface area (Å²) in [5.74, 6) is 1.03. The Labute approximate surface area is 135 Å². The molecule has 2 unspecified atom stereocenters. The molecule has 1 aliphatic rings. The molecule has 5 heteroatoms. The van der Waals surface area contributed by atoms with E-state index in [0.29, 0.717) is 5.75 Å². The van der Waals surface area contributed by atoms with Crippen LogP contribution in [0.2, 0.25) is 0 Å². The van der Waals surface area contributed by atoms with Gasteiger partial charge in [0.25, 0.3) is 0 Å². The van der Waals surface area contributed by atoms with Gasteiger partial charge in [0.15, 0.2) is 0 Å². The fourth-order valence-electron chi connectivity index (χ4n) is 2.74. The fourth-order valence-corrected chi connectivity index (χ4v) is 3.80. The Hall–Kier alpha value is -1.36. The zero-order chi connectivity index (χ0) is 15.9. The van der Waals surface area contributed by atoms with E-state index >= 15 is 0 Å². The van der Waals surface area contributed by atoms with Crippen molar-refractivity contribution in [1.82, 2.24) is 5.32 Å². The molecule has 0 aromatic heterocycles. The van der Waals surface area contributed by atoms with Crippen molar-refractivity contribution in [3.8, 4) is 5.75 Å². The SMILES string of the molecule is COc1cccc(CS(=O)C(C)C(=O)NC2CCCCC2)c1. The molecule has 22 heavy (non-hydrogen) atoms. The summed E-state index contributed by atoms with van der Waals surface area (Å²) in [6, 6.07) is 7.76. The summed E-state index contributed by atoms with van der Waals surface area (Å²) in [4.78, 5) is 12.2. The Morgan fingerprint density at radius 1 is 1.36 bits per heavy atom. The van der Waals surface area contributed by atoms with E-state index in [2.05, 4.69) is 5.32 Å². The molecule has 0 bridgehead atoms. The number of hydrogen-bond donors (Lipinski definition) is 1. The zero-order valence-electron chi connectivity index (χ0n) is 13.3. The van der Waals surface area contributed by atoms with Crippen molar-refractivity contribution >= 4 is 16.7 Å². The molecule has 1 aromatic carbocycles. The van der Waals surface area contributed by atoms with Gasteiger partial charge in [-0.05, 0) is 37.5 Å². The third-order valence-electron chi connectivity index (χ3n) is 4.16. The maximum atomic E-state index is 12.4. The van der Waals surface area contributed by atoms with Crippen LogP contribution in [0, 0.1) is 0 Å². The highest BCUT2D eigenvalue weighted by molar-refractivity contribution is 7.85. The standard InChI is InChI=1S/C17H25NO3S/c1-13(17(19)18-15-8-4-3-5-9-15)22(20)12-14-7-6-10-16(11-14)21-2/h6-7,10-11,13,15H,3-5,8-9,12H2,1-2H3,(H,18,19). The van der Waals surface area contributed by atoms with Gasteiger partial charge >= 0.3 is 0 Å². The second-order valence-electron chi connectivity index (χ2n) is 5.86. The number of ether oxygens (including phenoxy) is 1. The van der Waals surface area contributed by atoms with Crippen LogP contribution in [0.5, 0.6) is 5.75 Å². The molecule has 0 aliphatic heterocycles. The van der Waals surface area contributed by atoms with Crippen molar-refractivity contribution in [2.45, 2.75) is 56.1 Å². The van der Waals surface area contributed by atoms with Crippen LogP contribution in [-0.4, -0.2) is 28.5 Å². The monoisotopic (exact) mass is 323 g/mol. The largest absolute Gasteiger partial charge is 0.497 e. The molecule has 2 atom stereocenters. The first-order valence-electron chi connectivity index (χ1n) is 7.90. The highest BCUT2D eigenvalue weighted by atomic mass is 32.2. The molecule has 2 rings (SSSR count). The number of methoxy groups -OCH3 is 1. The van der Waals surface area contributed by atoms with E-state index in [4.69, 9.17) is 4.74 Å². The van der Waals surface area contributed by atoms with E-state index < -0.39 is 16.0 Å². The summed E-state index contributed by atoms with van der Waals surface area (Å²) in [5, 5.41) is 2.56. The Morgan fingerprint density at radius 2 is 2.09 bits per heavy atom. The van der Waals surface area contributed by atoms with Gasteiger partial charge in [-0.1, -0.05) is 31.4 Å². The third-order valence-corrected chi connectivity index (χ3v) is 5.78. The first-order chi connectivity index (χ1) is 10.6. The van der Waals surface area contributed by atoms with E-state index in [1.54, 1.807) is 14.0 Å². The van der Waals surface area contributed by atoms with Gasteiger partial charge in [0.2, 0.25) is 5.91 Å². The quantitative estimate of drug-likeness (QED) is 0.876. The van der Waals surface area contributed by atoms with Crippen molar-refractivity contribution < 1.29 is 13.7 Å². The number of carbonyl (C=O) groups excluding carboxylic acids is 1. The van der Waals surface area contributed by atoms with Crippen molar-refractivity contribution in [3.05, 3.63) is 29.8 Å². The number of amides is 1. The normalized spacial score (nSPS) is 18.5. The molecular weight excluding hydrogens is 298 g/mol. The minimum atomic E-state index is -1.23. The van der Waals surface area contributed by atoms with E-state index in [1.807, 2.05) is 24.3 Å². The predicted molar refractivity (Wildman–Crippen MR) is 89.3 cm³/mol. The summed E-state index contributed by atoms with van der Waals surface area (Å²) in [6.07, 6.45) is 5.68. The molecule has 1 aromatic rings. The summed E-state index contributed by atoms with van der Waals surface area (Å²) in [5.41, 5.74) is 0.926. The van der Waals surface area contributed by atoms with Crippen LogP contribution >= 0.6 is 0 Å². The minimum Gasteiger partial charge on any atom is -0.497 e. The highest BCUT2D eigenvalue weighted by Gasteiger charge is 2.23. The van der Waals surface area contributed by atoms with Crippen LogP contribution in [-0.2, 0) is 21.3 Å². The second-order valence-corrected chi connectivity index (χ2v) is 7.62. The molecular formula is C17H25NO3S. The molecule has 122 valence electrons. The minimum absolute atomic E-state index is 0.0897. The summed E-state index contributed by atoms with van der Waals surface area (Å²) in [7, 11) is 0.379. The molecule has 1 fully saturated rings. The molecule has 1 N–H and O–H groups in total. The third kappa shape index (κ3) is 4.83. The van der Waals surface area contributed by atoms with Crippen LogP contribution in [0.3, 0.4) is 0 Å². The lowest BCUT2D eigenvalue weighted by molar-refractivity contribution is -0.121. The van der Waals surface area contributed by atoms with Gasteiger partial charge in [-0.15, -0.1) is 0 Å². The highest BCUT2D eigenvalue weighted by Crippen LogP contribution is 2.18. The summed E-state index contributed by atoms with van der Waals surface area (Å²) < 4.78 is 17.6. The zero-order valence-corrected chi connectivity index (χ0v) is 14.2. The van der Waals surface area contributed by atoms with Gasteiger partial charge in [0.1, 0.15) is 11.0 Å². The van der Waals surface area contributed by atoms with Gasteiger partial charge < -0.3 is 10.1 Å². The van der Waals surface area contributed by atoms with Gasteiger partial charge in [-0.25, -0.2) is 0 Å². The second kappa shape index (κ2) is 8.32. The number of carbonyl (C=O) groups is 1. The predicted octanol–water partition coefficient (Wildman–Crippen LogP) is 2.78. The van der Waals surface area contributed by atoms with Crippen LogP contribution in [0.15, 0.2) is 24.3 Å². The van der Waals surface area contributed by atoms with E-state index in [-0.39, 0.29) is 11.9 Å². The average Bonchev–Trinajstić information content (AvgIpc) is 2.55. The number of hydrogen-bond acceptors (Lipinski definition) is 3. The Morgan fingerprint density at radius 3 is 2.77 bits per heavy atom. The van der Waals surface area contributed by atoms with E-state index in [0.717, 1.165) is 24.2 Å². The maximum absolute atomic E-state index is 12.4. The summed E-state index contributed by atoms with van der Waals surface area (Å²) in [6.45, 7) is 1.74. The van der Waals surface area contributed by atoms with E-state index in [1.165, 1.54) is 19.3 Å². The van der Waals surface area contributed by atoms with Gasteiger partial charge in [0, 0.05) is 22.6 Å². The van der Waals surface area contributed by atoms with Crippen molar-refractivity contribution in [3.63, 3.8) is 0 Å². The van der Waals surface area contributed by atoms with Gasteiger partial charge in [0.05, 0.1) is 7.11 Å². The molecule has 0 spiro atoms. The number of rotatable bonds is 6. The van der Waals surface area contributed by atoms with Crippen molar-refractivity contribution in [2.24, 2.45) is 0 Å². The first-order valence-corrected chi connectivity index (χ1v) is 9.29. The van der Waals surface area contributed by atoms with Crippen molar-refractivity contribution in [1.29, 1.82) is 0 Å². The van der Waals surface area contributed by atoms with Gasteiger partial charge in [-0.2, -0.15) is 0 Å². The first kappa shape index (κ1) is 17.0. The molecule has 1 amide bonds. The molecule has 0 radical (unpaired) electrons. The Bertz CT molecular complexity index is 526. The number of nitrogens with one attached hydrogen (secondary N) is 1. The van der Waals surface area contributed by atoms with Crippen LogP contribution in [0.4, 0.5) is 0 Å². The van der Waals surface area contributed by atoms with Crippen LogP contribution < -0.4 is 10.1 Å². The molecule has 1 aliphatic carbocycles. The molecule has 0 heterocycles. The topological polar surface area (TPSA) is 55.4 Å². The average molecular weight is 323 g/mol. The Balaban J connectivity index is 1.88. The lowest BCUT2D eigenvalue weighted by Crippen LogP contribution is -2.42. The maximum Gasteiger partial charge on any atom is 0.235 e. The smallest absolute Gasteiger partial charge is 0.235 e. The summed E-state index contributed by atoms with van der Waals surface area (Å²) >= 11 is 0. The number of benzene rings is 1. The lowest BCUT2D eigenvalue weighted by atomic mass is 9.95. The van der Waals surface area contributed by atoms with Crippen LogP contribution in [0.1, 0.15) is 44.6 Å². The molecule has 1 saturated carbocycles. The molecule has 4 nitrogen and oxygen atoms in total. The van der Waals surface area contributed by atoms with Crippen molar-refractivity contribution in [2.75, 3.05) is 7.11 Å².